The number of nitrogens with one attached hydrogen (secondary N) is 4. The van der Waals surface area contributed by atoms with E-state index in [0.717, 1.165) is 6.07 Å². The molecule has 4 rings (SSSR count). The summed E-state index contributed by atoms with van der Waals surface area (Å²) in [6.07, 6.45) is 1.48. The van der Waals surface area contributed by atoms with E-state index in [1.807, 2.05) is 0 Å². The molecule has 0 unspecified atom stereocenters. The summed E-state index contributed by atoms with van der Waals surface area (Å²) in [5, 5.41) is 4.90. The van der Waals surface area contributed by atoms with Crippen molar-refractivity contribution in [1.29, 1.82) is 0 Å². The first-order valence-corrected chi connectivity index (χ1v) is 8.79. The average molecular weight is 411 g/mol. The fourth-order valence-corrected chi connectivity index (χ4v) is 2.80. The molecule has 10 heteroatoms. The van der Waals surface area contributed by atoms with Crippen molar-refractivity contribution in [2.24, 2.45) is 0 Å². The normalized spacial score (nSPS) is 10.7. The number of carbonyl (C=O) groups excluding carboxylic acids is 1. The fraction of sp³-hybridized carbons (Fsp3) is 0.0500. The lowest BCUT2D eigenvalue weighted by Gasteiger charge is -2.11. The number of carbonyl (C=O) groups is 1. The Balaban J connectivity index is 1.49. The number of imidazole rings is 1. The largest absolute Gasteiger partial charge is 0.455 e. The molecule has 0 bridgehead atoms. The van der Waals surface area contributed by atoms with Crippen LogP contribution in [0.3, 0.4) is 0 Å². The molecule has 0 aliphatic heterocycles. The van der Waals surface area contributed by atoms with Gasteiger partial charge in [-0.2, -0.15) is 0 Å². The number of aromatic nitrogens is 3. The number of aromatic amines is 2. The summed E-state index contributed by atoms with van der Waals surface area (Å²) in [5.41, 5.74) is 0.828. The highest BCUT2D eigenvalue weighted by molar-refractivity contribution is 6.00. The lowest BCUT2D eigenvalue weighted by Crippen LogP contribution is -2.20. The third-order valence-corrected chi connectivity index (χ3v) is 4.14. The first-order valence-electron chi connectivity index (χ1n) is 8.79. The molecule has 2 amide bonds. The predicted molar refractivity (Wildman–Crippen MR) is 107 cm³/mol. The highest BCUT2D eigenvalue weighted by Crippen LogP contribution is 2.28. The Morgan fingerprint density at radius 2 is 1.97 bits per heavy atom. The van der Waals surface area contributed by atoms with Crippen LogP contribution >= 0.6 is 0 Å². The third-order valence-electron chi connectivity index (χ3n) is 4.14. The number of alkyl halides is 1. The minimum Gasteiger partial charge on any atom is -0.455 e. The molecular formula is C20H15F2N5O3. The Morgan fingerprint density at radius 1 is 1.10 bits per heavy atom. The van der Waals surface area contributed by atoms with Crippen molar-refractivity contribution in [2.45, 2.75) is 6.67 Å². The number of ether oxygens (including phenoxy) is 1. The van der Waals surface area contributed by atoms with Crippen LogP contribution in [0, 0.1) is 5.82 Å². The summed E-state index contributed by atoms with van der Waals surface area (Å²) in [7, 11) is 0. The number of amides is 2. The molecule has 0 radical (unpaired) electrons. The van der Waals surface area contributed by atoms with Crippen LogP contribution in [0.1, 0.15) is 5.56 Å². The molecule has 2 aromatic carbocycles. The Morgan fingerprint density at radius 3 is 2.80 bits per heavy atom. The summed E-state index contributed by atoms with van der Waals surface area (Å²) in [6.45, 7) is -0.773. The molecule has 2 heterocycles. The summed E-state index contributed by atoms with van der Waals surface area (Å²) >= 11 is 0. The maximum atomic E-state index is 13.8. The first kappa shape index (κ1) is 19.1. The van der Waals surface area contributed by atoms with Gasteiger partial charge in [0.05, 0.1) is 5.69 Å². The van der Waals surface area contributed by atoms with Gasteiger partial charge in [-0.1, -0.05) is 12.1 Å². The number of anilines is 2. The molecule has 4 N–H and O–H groups in total. The number of urea groups is 1. The molecule has 30 heavy (non-hydrogen) atoms. The molecule has 152 valence electrons. The van der Waals surface area contributed by atoms with Gasteiger partial charge in [-0.25, -0.2) is 23.4 Å². The number of halogens is 2. The van der Waals surface area contributed by atoms with Crippen molar-refractivity contribution < 1.29 is 18.3 Å². The van der Waals surface area contributed by atoms with Gasteiger partial charge in [-0.15, -0.1) is 0 Å². The summed E-state index contributed by atoms with van der Waals surface area (Å²) in [6, 6.07) is 10.9. The number of nitrogens with zero attached hydrogens (tertiary/aromatic N) is 1. The van der Waals surface area contributed by atoms with Crippen LogP contribution in [-0.4, -0.2) is 21.0 Å². The quantitative estimate of drug-likeness (QED) is 0.392. The second-order valence-electron chi connectivity index (χ2n) is 6.27. The molecule has 0 aliphatic rings. The van der Waals surface area contributed by atoms with E-state index in [0.29, 0.717) is 28.4 Å². The number of fused-ring (bicyclic) bond motifs is 1. The smallest absolute Gasteiger partial charge is 0.325 e. The Kier molecular flexibility index (Phi) is 5.12. The second-order valence-corrected chi connectivity index (χ2v) is 6.27. The minimum absolute atomic E-state index is 0.134. The van der Waals surface area contributed by atoms with Crippen molar-refractivity contribution in [3.05, 3.63) is 76.6 Å². The Bertz CT molecular complexity index is 1280. The zero-order valence-corrected chi connectivity index (χ0v) is 15.3. The molecule has 0 spiro atoms. The van der Waals surface area contributed by atoms with Crippen LogP contribution < -0.4 is 21.1 Å². The molecule has 0 fully saturated rings. The zero-order valence-electron chi connectivity index (χ0n) is 15.3. The van der Waals surface area contributed by atoms with Crippen molar-refractivity contribution in [3.63, 3.8) is 0 Å². The number of rotatable bonds is 5. The van der Waals surface area contributed by atoms with Crippen LogP contribution in [0.2, 0.25) is 0 Å². The lowest BCUT2D eigenvalue weighted by atomic mass is 10.2. The number of hydrogen-bond donors (Lipinski definition) is 4. The van der Waals surface area contributed by atoms with Crippen molar-refractivity contribution in [1.82, 2.24) is 15.0 Å². The lowest BCUT2D eigenvalue weighted by molar-refractivity contribution is 0.262. The van der Waals surface area contributed by atoms with Gasteiger partial charge in [-0.3, -0.25) is 4.98 Å². The van der Waals surface area contributed by atoms with Crippen molar-refractivity contribution in [3.8, 4) is 11.5 Å². The van der Waals surface area contributed by atoms with Crippen LogP contribution in [0.4, 0.5) is 25.0 Å². The van der Waals surface area contributed by atoms with E-state index in [-0.39, 0.29) is 11.3 Å². The van der Waals surface area contributed by atoms with Gasteiger partial charge in [0, 0.05) is 24.0 Å². The van der Waals surface area contributed by atoms with E-state index in [4.69, 9.17) is 4.74 Å². The fourth-order valence-electron chi connectivity index (χ4n) is 2.80. The van der Waals surface area contributed by atoms with E-state index in [1.165, 1.54) is 18.3 Å². The number of H-pyrrole nitrogens is 2. The van der Waals surface area contributed by atoms with Crippen LogP contribution in [0.5, 0.6) is 11.5 Å². The Hall–Kier alpha value is -4.21. The molecule has 0 aliphatic carbocycles. The maximum absolute atomic E-state index is 13.8. The summed E-state index contributed by atoms with van der Waals surface area (Å²) in [5.74, 6) is 0.0691. The van der Waals surface area contributed by atoms with E-state index in [2.05, 4.69) is 25.6 Å². The predicted octanol–water partition coefficient (Wildman–Crippen LogP) is 4.30. The van der Waals surface area contributed by atoms with E-state index < -0.39 is 24.2 Å². The van der Waals surface area contributed by atoms with Gasteiger partial charge < -0.3 is 20.4 Å². The monoisotopic (exact) mass is 411 g/mol. The van der Waals surface area contributed by atoms with E-state index in [9.17, 15) is 18.4 Å². The van der Waals surface area contributed by atoms with E-state index in [1.54, 1.807) is 30.3 Å². The topological polar surface area (TPSA) is 112 Å². The number of hydrogen-bond acceptors (Lipinski definition) is 4. The summed E-state index contributed by atoms with van der Waals surface area (Å²) in [4.78, 5) is 32.8. The van der Waals surface area contributed by atoms with Crippen LogP contribution in [0.25, 0.3) is 11.2 Å². The van der Waals surface area contributed by atoms with Gasteiger partial charge in [-0.05, 0) is 29.8 Å². The van der Waals surface area contributed by atoms with E-state index >= 15 is 0 Å². The first-order chi connectivity index (χ1) is 14.5. The average Bonchev–Trinajstić information content (AvgIpc) is 3.11. The molecule has 2 aromatic heterocycles. The minimum atomic E-state index is -0.773. The van der Waals surface area contributed by atoms with Crippen LogP contribution in [-0.2, 0) is 6.67 Å². The maximum Gasteiger partial charge on any atom is 0.325 e. The molecule has 0 atom stereocenters. The van der Waals surface area contributed by atoms with Crippen LogP contribution in [0.15, 0.2) is 59.5 Å². The van der Waals surface area contributed by atoms with Gasteiger partial charge in [0.2, 0.25) is 0 Å². The highest BCUT2D eigenvalue weighted by Gasteiger charge is 2.11. The van der Waals surface area contributed by atoms with Crippen molar-refractivity contribution in [2.75, 3.05) is 10.6 Å². The van der Waals surface area contributed by atoms with Gasteiger partial charge in [0.1, 0.15) is 23.8 Å². The molecule has 8 nitrogen and oxygen atoms in total. The number of benzene rings is 2. The SMILES string of the molecule is O=C(Nc1cccc(Oc2ccnc3[nH]c(=O)[nH]c23)c1)Nc1cc(CF)ccc1F. The van der Waals surface area contributed by atoms with Gasteiger partial charge in [0.25, 0.3) is 0 Å². The van der Waals surface area contributed by atoms with Crippen molar-refractivity contribution >= 4 is 28.6 Å². The van der Waals surface area contributed by atoms with Gasteiger partial charge in [0.15, 0.2) is 11.4 Å². The molecule has 0 saturated heterocycles. The third kappa shape index (κ3) is 4.12. The standard InChI is InChI=1S/C20H15F2N5O3/c21-10-11-4-5-14(22)15(8-11)25-19(28)24-12-2-1-3-13(9-12)30-16-6-7-23-18-17(16)26-20(29)27-18/h1-9H,10H2,(H2,24,25,28)(H2,23,26,27,29). The molecular weight excluding hydrogens is 396 g/mol. The summed E-state index contributed by atoms with van der Waals surface area (Å²) < 4.78 is 32.4. The zero-order chi connectivity index (χ0) is 21.1. The highest BCUT2D eigenvalue weighted by atomic mass is 19.1. The second kappa shape index (κ2) is 8.03. The molecule has 0 saturated carbocycles. The molecule has 4 aromatic rings. The van der Waals surface area contributed by atoms with Gasteiger partial charge >= 0.3 is 11.7 Å². The number of pyridine rings is 1. The Labute approximate surface area is 167 Å².